The molecule has 3 atom stereocenters. The van der Waals surface area contributed by atoms with E-state index in [4.69, 9.17) is 23.2 Å². The second-order valence-corrected chi connectivity index (χ2v) is 7.94. The zero-order valence-electron chi connectivity index (χ0n) is 11.2. The summed E-state index contributed by atoms with van der Waals surface area (Å²) < 4.78 is 0.767. The molecule has 0 radical (unpaired) electrons. The summed E-state index contributed by atoms with van der Waals surface area (Å²) in [6, 6.07) is 0.800. The van der Waals surface area contributed by atoms with Crippen LogP contribution in [0.5, 0.6) is 0 Å². The fourth-order valence-corrected chi connectivity index (χ4v) is 5.05. The molecule has 2 fully saturated rings. The maximum atomic E-state index is 12.8. The molecule has 1 saturated carbocycles. The minimum Gasteiger partial charge on any atom is -0.480 e. The number of hydrogen-bond acceptors (Lipinski definition) is 3. The highest BCUT2D eigenvalue weighted by Gasteiger charge is 2.48. The third-order valence-corrected chi connectivity index (χ3v) is 5.98. The molecule has 4 nitrogen and oxygen atoms in total. The lowest BCUT2D eigenvalue weighted by Crippen LogP contribution is -2.46. The van der Waals surface area contributed by atoms with Gasteiger partial charge in [-0.2, -0.15) is 0 Å². The normalized spacial score (nSPS) is 28.5. The minimum atomic E-state index is -0.935. The molecule has 1 saturated heterocycles. The van der Waals surface area contributed by atoms with Crippen molar-refractivity contribution in [2.24, 2.45) is 5.92 Å². The topological polar surface area (TPSA) is 57.6 Å². The number of rotatable bonds is 2. The van der Waals surface area contributed by atoms with E-state index in [1.165, 1.54) is 11.0 Å². The quantitative estimate of drug-likeness (QED) is 0.882. The number of aliphatic carboxylic acids is 1. The smallest absolute Gasteiger partial charge is 0.326 e. The molecule has 21 heavy (non-hydrogen) atoms. The van der Waals surface area contributed by atoms with Crippen LogP contribution in [0, 0.1) is 5.92 Å². The number of carboxylic acid groups (broad SMARTS) is 1. The molecule has 1 aromatic heterocycles. The second-order valence-electron chi connectivity index (χ2n) is 5.65. The molecule has 0 spiro atoms. The van der Waals surface area contributed by atoms with E-state index in [0.29, 0.717) is 20.7 Å². The van der Waals surface area contributed by atoms with Gasteiger partial charge < -0.3 is 10.0 Å². The van der Waals surface area contributed by atoms with Crippen LogP contribution in [0.15, 0.2) is 6.07 Å². The molecule has 3 unspecified atom stereocenters. The Morgan fingerprint density at radius 1 is 1.29 bits per heavy atom. The number of amides is 1. The van der Waals surface area contributed by atoms with Crippen LogP contribution >= 0.6 is 34.5 Å². The molecular weight excluding hydrogens is 333 g/mol. The van der Waals surface area contributed by atoms with Crippen LogP contribution < -0.4 is 0 Å². The Balaban J connectivity index is 1.94. The largest absolute Gasteiger partial charge is 0.480 e. The van der Waals surface area contributed by atoms with Gasteiger partial charge in [0.25, 0.3) is 5.91 Å². The highest BCUT2D eigenvalue weighted by atomic mass is 35.5. The lowest BCUT2D eigenvalue weighted by molar-refractivity contribution is -0.141. The van der Waals surface area contributed by atoms with Gasteiger partial charge in [0.2, 0.25) is 0 Å². The van der Waals surface area contributed by atoms with Crippen LogP contribution in [0.1, 0.15) is 42.5 Å². The van der Waals surface area contributed by atoms with Crippen molar-refractivity contribution in [3.63, 3.8) is 0 Å². The van der Waals surface area contributed by atoms with Crippen molar-refractivity contribution in [2.75, 3.05) is 0 Å². The molecule has 2 heterocycles. The number of thiophene rings is 1. The number of carbonyl (C=O) groups excluding carboxylic acids is 1. The SMILES string of the molecule is O=C(O)C1CC2CCCCC2N1C(=O)c1cc(Cl)sc1Cl. The number of halogens is 2. The summed E-state index contributed by atoms with van der Waals surface area (Å²) >= 11 is 13.1. The van der Waals surface area contributed by atoms with Crippen molar-refractivity contribution in [3.8, 4) is 0 Å². The van der Waals surface area contributed by atoms with Crippen molar-refractivity contribution in [1.29, 1.82) is 0 Å². The highest BCUT2D eigenvalue weighted by molar-refractivity contribution is 7.20. The number of carboxylic acids is 1. The molecule has 1 amide bonds. The molecule has 1 N–H and O–H groups in total. The summed E-state index contributed by atoms with van der Waals surface area (Å²) in [5, 5.41) is 9.45. The van der Waals surface area contributed by atoms with Gasteiger partial charge in [-0.1, -0.05) is 36.0 Å². The molecule has 3 rings (SSSR count). The Bertz CT molecular complexity index is 589. The minimum absolute atomic E-state index is 0.0158. The van der Waals surface area contributed by atoms with Crippen molar-refractivity contribution in [1.82, 2.24) is 4.90 Å². The van der Waals surface area contributed by atoms with Crippen molar-refractivity contribution >= 4 is 46.4 Å². The van der Waals surface area contributed by atoms with Crippen LogP contribution in [0.4, 0.5) is 0 Å². The lowest BCUT2D eigenvalue weighted by Gasteiger charge is -2.32. The number of hydrogen-bond donors (Lipinski definition) is 1. The molecule has 114 valence electrons. The Kier molecular flexibility index (Phi) is 4.17. The van der Waals surface area contributed by atoms with Gasteiger partial charge in [0.05, 0.1) is 9.90 Å². The molecular formula is C14H15Cl2NO3S. The summed E-state index contributed by atoms with van der Waals surface area (Å²) in [5.74, 6) is -0.947. The summed E-state index contributed by atoms with van der Waals surface area (Å²) in [6.45, 7) is 0. The van der Waals surface area contributed by atoms with Crippen molar-refractivity contribution in [3.05, 3.63) is 20.3 Å². The maximum Gasteiger partial charge on any atom is 0.326 e. The van der Waals surface area contributed by atoms with Gasteiger partial charge in [-0.25, -0.2) is 4.79 Å². The maximum absolute atomic E-state index is 12.8. The third-order valence-electron chi connectivity index (χ3n) is 4.49. The fraction of sp³-hybridized carbons (Fsp3) is 0.571. The third kappa shape index (κ3) is 2.67. The summed E-state index contributed by atoms with van der Waals surface area (Å²) in [5.41, 5.74) is 0.323. The molecule has 1 aliphatic heterocycles. The fourth-order valence-electron chi connectivity index (χ4n) is 3.60. The number of nitrogens with zero attached hydrogens (tertiary/aromatic N) is 1. The van der Waals surface area contributed by atoms with Gasteiger partial charge in [-0.15, -0.1) is 11.3 Å². The average molecular weight is 348 g/mol. The van der Waals surface area contributed by atoms with Crippen LogP contribution in [0.25, 0.3) is 0 Å². The van der Waals surface area contributed by atoms with Crippen molar-refractivity contribution < 1.29 is 14.7 Å². The summed E-state index contributed by atoms with van der Waals surface area (Å²) in [4.78, 5) is 25.8. The van der Waals surface area contributed by atoms with E-state index >= 15 is 0 Å². The molecule has 0 bridgehead atoms. The molecule has 2 aliphatic rings. The summed E-state index contributed by atoms with van der Waals surface area (Å²) in [6.07, 6.45) is 4.56. The zero-order valence-corrected chi connectivity index (χ0v) is 13.5. The van der Waals surface area contributed by atoms with Crippen LogP contribution in [0.2, 0.25) is 8.67 Å². The van der Waals surface area contributed by atoms with Gasteiger partial charge in [0, 0.05) is 6.04 Å². The van der Waals surface area contributed by atoms with E-state index in [-0.39, 0.29) is 17.9 Å². The van der Waals surface area contributed by atoms with E-state index in [1.807, 2.05) is 0 Å². The lowest BCUT2D eigenvalue weighted by atomic mass is 9.84. The van der Waals surface area contributed by atoms with E-state index < -0.39 is 12.0 Å². The van der Waals surface area contributed by atoms with Gasteiger partial charge in [-0.3, -0.25) is 4.79 Å². The first-order chi connectivity index (χ1) is 9.99. The van der Waals surface area contributed by atoms with Crippen LogP contribution in [0.3, 0.4) is 0 Å². The molecule has 1 aromatic rings. The highest BCUT2D eigenvalue weighted by Crippen LogP contribution is 2.42. The first-order valence-electron chi connectivity index (χ1n) is 6.99. The standard InChI is InChI=1S/C14H15Cl2NO3S/c15-11-6-8(12(16)21-11)13(18)17-9-4-2-1-3-7(9)5-10(17)14(19)20/h6-7,9-10H,1-5H2,(H,19,20). The second kappa shape index (κ2) is 5.78. The number of carbonyl (C=O) groups is 2. The van der Waals surface area contributed by atoms with Crippen LogP contribution in [-0.4, -0.2) is 34.0 Å². The molecule has 1 aliphatic carbocycles. The Labute approximate surface area is 136 Å². The van der Waals surface area contributed by atoms with E-state index in [1.54, 1.807) is 0 Å². The Morgan fingerprint density at radius 3 is 2.62 bits per heavy atom. The molecule has 0 aromatic carbocycles. The number of likely N-dealkylation sites (tertiary alicyclic amines) is 1. The first-order valence-corrected chi connectivity index (χ1v) is 8.56. The summed E-state index contributed by atoms with van der Waals surface area (Å²) in [7, 11) is 0. The monoisotopic (exact) mass is 347 g/mol. The van der Waals surface area contributed by atoms with E-state index in [9.17, 15) is 14.7 Å². The molecule has 7 heteroatoms. The zero-order chi connectivity index (χ0) is 15.1. The average Bonchev–Trinajstić information content (AvgIpc) is 2.98. The predicted octanol–water partition coefficient (Wildman–Crippen LogP) is 3.91. The van der Waals surface area contributed by atoms with Gasteiger partial charge >= 0.3 is 5.97 Å². The van der Waals surface area contributed by atoms with Gasteiger partial charge in [0.15, 0.2) is 0 Å². The first kappa shape index (κ1) is 15.1. The van der Waals surface area contributed by atoms with E-state index in [0.717, 1.165) is 37.0 Å². The van der Waals surface area contributed by atoms with Crippen LogP contribution in [-0.2, 0) is 4.79 Å². The Morgan fingerprint density at radius 2 is 2.00 bits per heavy atom. The predicted molar refractivity (Wildman–Crippen MR) is 82.3 cm³/mol. The van der Waals surface area contributed by atoms with E-state index in [2.05, 4.69) is 0 Å². The van der Waals surface area contributed by atoms with Crippen molar-refractivity contribution in [2.45, 2.75) is 44.2 Å². The Hall–Kier alpha value is -0.780. The van der Waals surface area contributed by atoms with Gasteiger partial charge in [-0.05, 0) is 31.2 Å². The number of fused-ring (bicyclic) bond motifs is 1. The van der Waals surface area contributed by atoms with Gasteiger partial charge in [0.1, 0.15) is 10.4 Å².